The number of carboxylic acid groups (broad SMARTS) is 1. The number of amides is 4. The van der Waals surface area contributed by atoms with Gasteiger partial charge in [0, 0.05) is 11.6 Å². The highest BCUT2D eigenvalue weighted by Crippen LogP contribution is 2.28. The predicted octanol–water partition coefficient (Wildman–Crippen LogP) is 1.97. The number of primary amides is 1. The molecule has 1 unspecified atom stereocenters. The Labute approximate surface area is 159 Å². The largest absolute Gasteiger partial charge is 0.479 e. The lowest BCUT2D eigenvalue weighted by Crippen LogP contribution is -2.57. The van der Waals surface area contributed by atoms with Gasteiger partial charge in [-0.05, 0) is 37.3 Å². The summed E-state index contributed by atoms with van der Waals surface area (Å²) in [6, 6.07) is 7.27. The van der Waals surface area contributed by atoms with Crippen LogP contribution >= 0.6 is 0 Å². The lowest BCUT2D eigenvalue weighted by Gasteiger charge is -2.26. The van der Waals surface area contributed by atoms with Crippen molar-refractivity contribution in [2.45, 2.75) is 19.0 Å². The minimum absolute atomic E-state index is 0.112. The Morgan fingerprint density at radius 3 is 2.50 bits per heavy atom. The Bertz CT molecular complexity index is 934. The Morgan fingerprint density at radius 1 is 1.32 bits per heavy atom. The van der Waals surface area contributed by atoms with Crippen LogP contribution in [0.4, 0.5) is 14.0 Å². The van der Waals surface area contributed by atoms with Gasteiger partial charge >= 0.3 is 18.0 Å². The molecule has 4 amide bonds. The number of carbonyl (C=O) groups excluding carboxylic acids is 2. The summed E-state index contributed by atoms with van der Waals surface area (Å²) in [4.78, 5) is 39.7. The molecule has 2 aromatic rings. The fraction of sp³-hybridized carbons (Fsp3) is 0.222. The maximum atomic E-state index is 12.9. The lowest BCUT2D eigenvalue weighted by atomic mass is 10.0. The first kappa shape index (κ1) is 19.2. The van der Waals surface area contributed by atoms with Gasteiger partial charge in [-0.15, -0.1) is 0 Å². The molecule has 146 valence electrons. The van der Waals surface area contributed by atoms with Crippen molar-refractivity contribution in [1.29, 1.82) is 0 Å². The zero-order valence-electron chi connectivity index (χ0n) is 14.9. The zero-order chi connectivity index (χ0) is 20.5. The van der Waals surface area contributed by atoms with Crippen LogP contribution in [0.3, 0.4) is 0 Å². The van der Waals surface area contributed by atoms with E-state index in [0.29, 0.717) is 11.3 Å². The third-order valence-corrected chi connectivity index (χ3v) is 4.55. The average Bonchev–Trinajstić information content (AvgIpc) is 2.91. The van der Waals surface area contributed by atoms with Gasteiger partial charge in [-0.3, -0.25) is 5.32 Å². The van der Waals surface area contributed by atoms with Crippen LogP contribution in [-0.4, -0.2) is 44.7 Å². The van der Waals surface area contributed by atoms with E-state index in [2.05, 4.69) is 10.3 Å². The van der Waals surface area contributed by atoms with Crippen LogP contribution in [-0.2, 0) is 11.3 Å². The van der Waals surface area contributed by atoms with Gasteiger partial charge in [0.2, 0.25) is 5.88 Å². The molecule has 0 radical (unpaired) electrons. The van der Waals surface area contributed by atoms with Crippen LogP contribution in [0.25, 0.3) is 0 Å². The van der Waals surface area contributed by atoms with Crippen LogP contribution in [0.1, 0.15) is 12.5 Å². The zero-order valence-corrected chi connectivity index (χ0v) is 14.9. The van der Waals surface area contributed by atoms with Crippen molar-refractivity contribution in [2.75, 3.05) is 6.54 Å². The number of ether oxygens (including phenoxy) is 1. The smallest absolute Gasteiger partial charge is 0.427 e. The Kier molecular flexibility index (Phi) is 4.73. The number of carboxylic acids is 1. The van der Waals surface area contributed by atoms with E-state index < -0.39 is 33.9 Å². The summed E-state index contributed by atoms with van der Waals surface area (Å²) in [5, 5.41) is 11.7. The van der Waals surface area contributed by atoms with E-state index in [0.717, 1.165) is 6.20 Å². The van der Waals surface area contributed by atoms with Crippen molar-refractivity contribution in [1.82, 2.24) is 10.3 Å². The molecule has 2 atom stereocenters. The molecule has 0 saturated carbocycles. The first-order valence-electron chi connectivity index (χ1n) is 8.26. The van der Waals surface area contributed by atoms with E-state index in [1.165, 1.54) is 19.1 Å². The number of urea groups is 2. The second-order valence-electron chi connectivity index (χ2n) is 6.75. The molecule has 1 aromatic carbocycles. The van der Waals surface area contributed by atoms with Crippen LogP contribution in [0.2, 0.25) is 0 Å². The lowest BCUT2D eigenvalue weighted by molar-refractivity contribution is -0.773. The molecule has 0 bridgehead atoms. The molecular formula is C18H18FN4O5+. The molecule has 10 heteroatoms. The standard InChI is InChI=1S/C18H17FN4O5/c1-18(15(24)25)10-23(16(20)26,17(27)22-18)9-11-2-5-13(6-3-11)28-14-7-4-12(19)8-21-14/h2-8H,9-10H2,1H3,(H3-,20,22,24,25,26,27)/p+1/t18-,23?/m1/s1. The number of pyridine rings is 1. The average molecular weight is 389 g/mol. The second-order valence-corrected chi connectivity index (χ2v) is 6.75. The second kappa shape index (κ2) is 6.89. The van der Waals surface area contributed by atoms with E-state index in [9.17, 15) is 23.9 Å². The molecule has 9 nitrogen and oxygen atoms in total. The molecule has 0 aliphatic carbocycles. The van der Waals surface area contributed by atoms with E-state index in [4.69, 9.17) is 10.5 Å². The van der Waals surface area contributed by atoms with Gasteiger partial charge in [-0.2, -0.15) is 4.48 Å². The van der Waals surface area contributed by atoms with Crippen LogP contribution in [0.5, 0.6) is 11.6 Å². The highest BCUT2D eigenvalue weighted by Gasteiger charge is 2.60. The van der Waals surface area contributed by atoms with Gasteiger partial charge in [0.05, 0.1) is 6.20 Å². The molecule has 4 N–H and O–H groups in total. The summed E-state index contributed by atoms with van der Waals surface area (Å²) in [5.41, 5.74) is 4.43. The van der Waals surface area contributed by atoms with Crippen LogP contribution in [0.15, 0.2) is 42.6 Å². The normalized spacial score (nSPS) is 23.9. The number of hydrogen-bond donors (Lipinski definition) is 3. The van der Waals surface area contributed by atoms with Crippen LogP contribution in [0, 0.1) is 5.82 Å². The number of rotatable bonds is 5. The fourth-order valence-corrected chi connectivity index (χ4v) is 3.02. The first-order valence-corrected chi connectivity index (χ1v) is 8.26. The number of benzene rings is 1. The Morgan fingerprint density at radius 2 is 2.00 bits per heavy atom. The molecule has 28 heavy (non-hydrogen) atoms. The van der Waals surface area contributed by atoms with E-state index in [1.54, 1.807) is 24.3 Å². The number of quaternary nitrogens is 1. The monoisotopic (exact) mass is 389 g/mol. The summed E-state index contributed by atoms with van der Waals surface area (Å²) in [6.07, 6.45) is 1.02. The van der Waals surface area contributed by atoms with Crippen LogP contribution < -0.4 is 15.8 Å². The predicted molar refractivity (Wildman–Crippen MR) is 93.7 cm³/mol. The number of carbonyl (C=O) groups is 3. The van der Waals surface area contributed by atoms with Gasteiger partial charge in [-0.1, -0.05) is 0 Å². The summed E-state index contributed by atoms with van der Waals surface area (Å²) < 4.78 is 17.5. The number of aromatic nitrogens is 1. The maximum Gasteiger partial charge on any atom is 0.427 e. The van der Waals surface area contributed by atoms with Gasteiger partial charge < -0.3 is 15.6 Å². The van der Waals surface area contributed by atoms with Gasteiger partial charge in [-0.25, -0.2) is 23.8 Å². The fourth-order valence-electron chi connectivity index (χ4n) is 3.02. The molecule has 3 rings (SSSR count). The Balaban J connectivity index is 1.79. The quantitative estimate of drug-likeness (QED) is 0.670. The third kappa shape index (κ3) is 3.49. The molecule has 1 aliphatic heterocycles. The number of nitrogens with one attached hydrogen (secondary N) is 1. The number of imide groups is 1. The van der Waals surface area contributed by atoms with E-state index >= 15 is 0 Å². The number of nitrogens with zero attached hydrogens (tertiary/aromatic N) is 2. The van der Waals surface area contributed by atoms with Crippen molar-refractivity contribution in [3.63, 3.8) is 0 Å². The molecule has 1 aromatic heterocycles. The number of nitrogens with two attached hydrogens (primary N) is 1. The van der Waals surface area contributed by atoms with Crippen molar-refractivity contribution in [3.8, 4) is 11.6 Å². The van der Waals surface area contributed by atoms with E-state index in [-0.39, 0.29) is 19.0 Å². The molecule has 1 saturated heterocycles. The highest BCUT2D eigenvalue weighted by molar-refractivity contribution is 5.91. The molecule has 1 fully saturated rings. The number of hydrogen-bond acceptors (Lipinski definition) is 5. The summed E-state index contributed by atoms with van der Waals surface area (Å²) in [5.74, 6) is -1.13. The summed E-state index contributed by atoms with van der Waals surface area (Å²) in [6.45, 7) is 0.899. The van der Waals surface area contributed by atoms with Gasteiger partial charge in [0.15, 0.2) is 5.54 Å². The summed E-state index contributed by atoms with van der Waals surface area (Å²) in [7, 11) is 0. The van der Waals surface area contributed by atoms with Crippen molar-refractivity contribution in [3.05, 3.63) is 54.0 Å². The van der Waals surface area contributed by atoms with E-state index in [1.807, 2.05) is 0 Å². The minimum atomic E-state index is -1.59. The Hall–Kier alpha value is -3.53. The molecule has 1 aliphatic rings. The number of halogens is 1. The van der Waals surface area contributed by atoms with Crippen molar-refractivity contribution < 1.29 is 33.1 Å². The van der Waals surface area contributed by atoms with Gasteiger partial charge in [0.1, 0.15) is 24.7 Å². The molecule has 0 spiro atoms. The number of aliphatic carboxylic acids is 1. The third-order valence-electron chi connectivity index (χ3n) is 4.55. The first-order chi connectivity index (χ1) is 13.1. The topological polar surface area (TPSA) is 132 Å². The molecule has 2 heterocycles. The highest BCUT2D eigenvalue weighted by atomic mass is 19.1. The van der Waals surface area contributed by atoms with Gasteiger partial charge in [0.25, 0.3) is 0 Å². The molecular weight excluding hydrogens is 371 g/mol. The SMILES string of the molecule is C[C@]1(C(=O)O)C[N+](Cc2ccc(Oc3ccc(F)cn3)cc2)(C(N)=O)C(=O)N1. The maximum absolute atomic E-state index is 12.9. The minimum Gasteiger partial charge on any atom is -0.479 e. The van der Waals surface area contributed by atoms with Crippen molar-refractivity contribution >= 4 is 18.0 Å². The summed E-state index contributed by atoms with van der Waals surface area (Å²) >= 11 is 0. The van der Waals surface area contributed by atoms with Crippen molar-refractivity contribution in [2.24, 2.45) is 5.73 Å².